The molecule has 2 saturated carbocycles. The Morgan fingerprint density at radius 3 is 1.25 bits per heavy atom. The van der Waals surface area contributed by atoms with E-state index in [1.54, 1.807) is 0 Å². The molecule has 0 unspecified atom stereocenters. The molecule has 0 aromatic heterocycles. The number of hydrogen-bond acceptors (Lipinski definition) is 0. The molecule has 0 nitrogen and oxygen atoms in total. The van der Waals surface area contributed by atoms with Crippen molar-refractivity contribution in [2.24, 2.45) is 0 Å². The van der Waals surface area contributed by atoms with Crippen LogP contribution in [0.2, 0.25) is 0 Å². The summed E-state index contributed by atoms with van der Waals surface area (Å²) in [6, 6.07) is 0. The van der Waals surface area contributed by atoms with Gasteiger partial charge in [0.05, 0.1) is 0 Å². The fourth-order valence-corrected chi connectivity index (χ4v) is 2.39. The highest BCUT2D eigenvalue weighted by atomic mass is 14.2. The maximum Gasteiger partial charge on any atom is -0.0315 e. The Bertz CT molecular complexity index is 160. The Kier molecular flexibility index (Phi) is 2.86. The van der Waals surface area contributed by atoms with Gasteiger partial charge in [0.2, 0.25) is 0 Å². The molecule has 0 N–H and O–H groups in total. The molecule has 0 radical (unpaired) electrons. The highest BCUT2D eigenvalue weighted by Crippen LogP contribution is 2.34. The first-order valence-corrected chi connectivity index (χ1v) is 5.66. The van der Waals surface area contributed by atoms with Crippen molar-refractivity contribution in [1.82, 2.24) is 0 Å². The summed E-state index contributed by atoms with van der Waals surface area (Å²) < 4.78 is 0. The molecule has 0 heteroatoms. The molecular weight excluding hydrogens is 144 g/mol. The summed E-state index contributed by atoms with van der Waals surface area (Å²) in [6.45, 7) is 0. The minimum absolute atomic E-state index is 1.44. The molecule has 0 bridgehead atoms. The quantitative estimate of drug-likeness (QED) is 0.470. The minimum Gasteiger partial charge on any atom is -0.0710 e. The van der Waals surface area contributed by atoms with Gasteiger partial charge in [-0.25, -0.2) is 0 Å². The van der Waals surface area contributed by atoms with Crippen molar-refractivity contribution in [3.63, 3.8) is 0 Å². The first-order valence-electron chi connectivity index (χ1n) is 5.66. The van der Waals surface area contributed by atoms with Gasteiger partial charge in [0, 0.05) is 0 Å². The van der Waals surface area contributed by atoms with Crippen molar-refractivity contribution < 1.29 is 0 Å². The van der Waals surface area contributed by atoms with E-state index in [0.29, 0.717) is 0 Å². The van der Waals surface area contributed by atoms with Gasteiger partial charge < -0.3 is 0 Å². The SMILES string of the molecule is C1CCCC(=C2CCC2)CCC1. The summed E-state index contributed by atoms with van der Waals surface area (Å²) >= 11 is 0. The summed E-state index contributed by atoms with van der Waals surface area (Å²) in [7, 11) is 0. The predicted octanol–water partition coefficient (Wildman–Crippen LogP) is 4.21. The fourth-order valence-electron chi connectivity index (χ4n) is 2.39. The van der Waals surface area contributed by atoms with E-state index in [1.165, 1.54) is 64.2 Å². The van der Waals surface area contributed by atoms with E-state index >= 15 is 0 Å². The van der Waals surface area contributed by atoms with Gasteiger partial charge in [0.25, 0.3) is 0 Å². The van der Waals surface area contributed by atoms with Gasteiger partial charge in [-0.1, -0.05) is 30.4 Å². The number of hydrogen-bond donors (Lipinski definition) is 0. The van der Waals surface area contributed by atoms with Gasteiger partial charge in [-0.2, -0.15) is 0 Å². The van der Waals surface area contributed by atoms with Crippen LogP contribution < -0.4 is 0 Å². The van der Waals surface area contributed by atoms with Gasteiger partial charge >= 0.3 is 0 Å². The Labute approximate surface area is 76.1 Å². The number of rotatable bonds is 0. The van der Waals surface area contributed by atoms with Crippen LogP contribution >= 0.6 is 0 Å². The highest BCUT2D eigenvalue weighted by Gasteiger charge is 2.14. The van der Waals surface area contributed by atoms with Gasteiger partial charge in [-0.15, -0.1) is 0 Å². The summed E-state index contributed by atoms with van der Waals surface area (Å²) in [6.07, 6.45) is 14.6. The molecule has 2 rings (SSSR count). The van der Waals surface area contributed by atoms with Crippen LogP contribution in [-0.2, 0) is 0 Å². The van der Waals surface area contributed by atoms with Crippen molar-refractivity contribution in [2.45, 2.75) is 64.2 Å². The monoisotopic (exact) mass is 164 g/mol. The third kappa shape index (κ3) is 1.91. The average molecular weight is 164 g/mol. The lowest BCUT2D eigenvalue weighted by Gasteiger charge is -2.23. The smallest absolute Gasteiger partial charge is 0.0315 e. The Hall–Kier alpha value is -0.260. The van der Waals surface area contributed by atoms with Crippen molar-refractivity contribution in [3.05, 3.63) is 11.1 Å². The molecule has 0 heterocycles. The van der Waals surface area contributed by atoms with Crippen LogP contribution in [-0.4, -0.2) is 0 Å². The standard InChI is InChI=1S/C12H20/c1-2-4-7-11(8-5-3-1)12-9-6-10-12/h1-10H2. The molecule has 0 aromatic rings. The minimum atomic E-state index is 1.44. The Morgan fingerprint density at radius 2 is 0.833 bits per heavy atom. The van der Waals surface area contributed by atoms with Crippen LogP contribution in [0.15, 0.2) is 11.1 Å². The lowest BCUT2D eigenvalue weighted by atomic mass is 9.83. The Balaban J connectivity index is 1.93. The third-order valence-corrected chi connectivity index (χ3v) is 3.41. The molecule has 2 fully saturated rings. The zero-order valence-electron chi connectivity index (χ0n) is 8.07. The molecule has 68 valence electrons. The second-order valence-corrected chi connectivity index (χ2v) is 4.33. The van der Waals surface area contributed by atoms with Crippen LogP contribution in [0.4, 0.5) is 0 Å². The summed E-state index contributed by atoms with van der Waals surface area (Å²) in [5, 5.41) is 0. The van der Waals surface area contributed by atoms with Gasteiger partial charge in [0.1, 0.15) is 0 Å². The maximum absolute atomic E-state index is 1.86. The lowest BCUT2D eigenvalue weighted by molar-refractivity contribution is 0.544. The Morgan fingerprint density at radius 1 is 0.417 bits per heavy atom. The van der Waals surface area contributed by atoms with Gasteiger partial charge in [-0.3, -0.25) is 0 Å². The topological polar surface area (TPSA) is 0 Å². The summed E-state index contributed by atoms with van der Waals surface area (Å²) in [5.41, 5.74) is 3.71. The molecule has 2 aliphatic carbocycles. The van der Waals surface area contributed by atoms with Crippen molar-refractivity contribution >= 4 is 0 Å². The molecule has 0 saturated heterocycles. The third-order valence-electron chi connectivity index (χ3n) is 3.41. The highest BCUT2D eigenvalue weighted by molar-refractivity contribution is 5.19. The predicted molar refractivity (Wildman–Crippen MR) is 53.2 cm³/mol. The van der Waals surface area contributed by atoms with Crippen molar-refractivity contribution in [2.75, 3.05) is 0 Å². The van der Waals surface area contributed by atoms with E-state index in [4.69, 9.17) is 0 Å². The van der Waals surface area contributed by atoms with E-state index in [-0.39, 0.29) is 0 Å². The average Bonchev–Trinajstić information content (AvgIpc) is 1.90. The maximum atomic E-state index is 1.86. The molecule has 0 spiro atoms. The first kappa shape index (κ1) is 8.34. The first-order chi connectivity index (χ1) is 5.97. The zero-order valence-corrected chi connectivity index (χ0v) is 8.07. The molecule has 12 heavy (non-hydrogen) atoms. The molecule has 2 aliphatic rings. The van der Waals surface area contributed by atoms with Gasteiger partial charge in [-0.05, 0) is 44.9 Å². The second kappa shape index (κ2) is 4.11. The molecule has 0 aliphatic heterocycles. The van der Waals surface area contributed by atoms with E-state index in [2.05, 4.69) is 0 Å². The van der Waals surface area contributed by atoms with Crippen molar-refractivity contribution in [3.8, 4) is 0 Å². The van der Waals surface area contributed by atoms with E-state index in [9.17, 15) is 0 Å². The normalized spacial score (nSPS) is 26.0. The van der Waals surface area contributed by atoms with E-state index in [1.807, 2.05) is 11.1 Å². The van der Waals surface area contributed by atoms with E-state index in [0.717, 1.165) is 0 Å². The molecule has 0 aromatic carbocycles. The van der Waals surface area contributed by atoms with Crippen LogP contribution in [0.25, 0.3) is 0 Å². The van der Waals surface area contributed by atoms with Gasteiger partial charge in [0.15, 0.2) is 0 Å². The van der Waals surface area contributed by atoms with Crippen LogP contribution in [0, 0.1) is 0 Å². The number of allylic oxidation sites excluding steroid dienone is 2. The zero-order chi connectivity index (χ0) is 8.23. The summed E-state index contributed by atoms with van der Waals surface area (Å²) in [5.74, 6) is 0. The second-order valence-electron chi connectivity index (χ2n) is 4.33. The van der Waals surface area contributed by atoms with E-state index < -0.39 is 0 Å². The summed E-state index contributed by atoms with van der Waals surface area (Å²) in [4.78, 5) is 0. The van der Waals surface area contributed by atoms with Crippen molar-refractivity contribution in [1.29, 1.82) is 0 Å². The fraction of sp³-hybridized carbons (Fsp3) is 0.833. The molecule has 0 amide bonds. The lowest BCUT2D eigenvalue weighted by Crippen LogP contribution is -2.04. The van der Waals surface area contributed by atoms with Crippen LogP contribution in [0.5, 0.6) is 0 Å². The molecule has 0 atom stereocenters. The van der Waals surface area contributed by atoms with Crippen LogP contribution in [0.1, 0.15) is 64.2 Å². The largest absolute Gasteiger partial charge is 0.0710 e. The van der Waals surface area contributed by atoms with Crippen LogP contribution in [0.3, 0.4) is 0 Å². The molecular formula is C12H20.